The summed E-state index contributed by atoms with van der Waals surface area (Å²) in [6.07, 6.45) is 8.14. The summed E-state index contributed by atoms with van der Waals surface area (Å²) in [4.78, 5) is 2.44. The van der Waals surface area contributed by atoms with E-state index in [0.29, 0.717) is 0 Å². The molecular formula is C49H35NS. The Hall–Kier alpha value is -5.96. The summed E-state index contributed by atoms with van der Waals surface area (Å²) in [6, 6.07) is 60.0. The van der Waals surface area contributed by atoms with Crippen LogP contribution in [-0.4, -0.2) is 0 Å². The summed E-state index contributed by atoms with van der Waals surface area (Å²) < 4.78 is 2.74. The molecule has 0 aliphatic heterocycles. The van der Waals surface area contributed by atoms with E-state index in [1.165, 1.54) is 74.9 Å². The summed E-state index contributed by atoms with van der Waals surface area (Å²) in [7, 11) is 0. The van der Waals surface area contributed by atoms with Gasteiger partial charge in [0, 0.05) is 42.7 Å². The zero-order valence-electron chi connectivity index (χ0n) is 28.4. The van der Waals surface area contributed by atoms with Crippen molar-refractivity contribution in [2.45, 2.75) is 18.8 Å². The molecule has 1 nitrogen and oxygen atoms in total. The highest BCUT2D eigenvalue weighted by Crippen LogP contribution is 2.45. The van der Waals surface area contributed by atoms with Gasteiger partial charge in [-0.25, -0.2) is 0 Å². The zero-order valence-corrected chi connectivity index (χ0v) is 29.2. The Balaban J connectivity index is 1.11. The molecular weight excluding hydrogens is 635 g/mol. The molecule has 0 bridgehead atoms. The molecule has 9 aromatic rings. The Labute approximate surface area is 302 Å². The lowest BCUT2D eigenvalue weighted by Crippen LogP contribution is -2.24. The van der Waals surface area contributed by atoms with Crippen molar-refractivity contribution in [2.75, 3.05) is 4.90 Å². The summed E-state index contributed by atoms with van der Waals surface area (Å²) >= 11 is 1.92. The molecule has 0 saturated heterocycles. The quantitative estimate of drug-likeness (QED) is 0.165. The van der Waals surface area contributed by atoms with Gasteiger partial charge in [-0.05, 0) is 91.8 Å². The Morgan fingerprint density at radius 1 is 0.490 bits per heavy atom. The van der Waals surface area contributed by atoms with Gasteiger partial charge < -0.3 is 4.90 Å². The maximum atomic E-state index is 2.44. The molecule has 0 unspecified atom stereocenters. The van der Waals surface area contributed by atoms with Crippen molar-refractivity contribution in [1.29, 1.82) is 0 Å². The number of hydrogen-bond acceptors (Lipinski definition) is 2. The first kappa shape index (κ1) is 29.9. The van der Waals surface area contributed by atoms with Gasteiger partial charge in [0.15, 0.2) is 0 Å². The highest BCUT2D eigenvalue weighted by Gasteiger charge is 2.29. The van der Waals surface area contributed by atoms with Crippen LogP contribution >= 0.6 is 11.3 Å². The molecule has 51 heavy (non-hydrogen) atoms. The van der Waals surface area contributed by atoms with E-state index in [1.807, 2.05) is 11.3 Å². The maximum absolute atomic E-state index is 2.44. The number of fused-ring (bicyclic) bond motifs is 9. The fourth-order valence-corrected chi connectivity index (χ4v) is 9.55. The second-order valence-corrected chi connectivity index (χ2v) is 15.0. The van der Waals surface area contributed by atoms with Crippen LogP contribution in [0.3, 0.4) is 0 Å². The van der Waals surface area contributed by atoms with Gasteiger partial charge in [-0.15, -0.1) is 11.3 Å². The first-order valence-corrected chi connectivity index (χ1v) is 18.6. The Morgan fingerprint density at radius 3 is 1.75 bits per heavy atom. The normalized spacial score (nSPS) is 16.0. The molecule has 1 aliphatic rings. The van der Waals surface area contributed by atoms with Gasteiger partial charge in [0.1, 0.15) is 0 Å². The largest absolute Gasteiger partial charge is 0.311 e. The Morgan fingerprint density at radius 2 is 1.06 bits per heavy atom. The smallest absolute Gasteiger partial charge is 0.0468 e. The molecule has 2 heteroatoms. The molecule has 1 aromatic heterocycles. The third-order valence-electron chi connectivity index (χ3n) is 10.9. The summed E-state index contributed by atoms with van der Waals surface area (Å²) in [5, 5.41) is 10.4. The van der Waals surface area contributed by atoms with Gasteiger partial charge in [0.05, 0.1) is 0 Å². The van der Waals surface area contributed by atoms with Gasteiger partial charge in [0.25, 0.3) is 0 Å². The molecule has 242 valence electrons. The third-order valence-corrected chi connectivity index (χ3v) is 12.1. The van der Waals surface area contributed by atoms with Gasteiger partial charge >= 0.3 is 0 Å². The lowest BCUT2D eigenvalue weighted by Gasteiger charge is -2.34. The highest BCUT2D eigenvalue weighted by molar-refractivity contribution is 7.26. The zero-order chi connectivity index (χ0) is 33.9. The standard InChI is InChI=1S/C49H35NS/c1-49(46-20-11-19-44-43-18-9-10-21-47(43)51-48(44)46)30-28-36(29-31-49)50(35-24-22-34(23-25-35)33-12-3-2-4-13-33)37-26-27-42-40-16-6-5-14-38(40)39-15-7-8-17-41(39)45(42)32-37/h2-30,32H,31H2,1H3/t49-/m1/s1. The fraction of sp³-hybridized carbons (Fsp3) is 0.0612. The van der Waals surface area contributed by atoms with Crippen molar-refractivity contribution in [3.63, 3.8) is 0 Å². The molecule has 8 aromatic carbocycles. The van der Waals surface area contributed by atoms with Crippen LogP contribution in [0.4, 0.5) is 11.4 Å². The topological polar surface area (TPSA) is 3.24 Å². The summed E-state index contributed by atoms with van der Waals surface area (Å²) in [5.74, 6) is 0. The van der Waals surface area contributed by atoms with Crippen LogP contribution in [0, 0.1) is 0 Å². The molecule has 0 spiro atoms. The number of anilines is 2. The molecule has 1 aliphatic carbocycles. The molecule has 0 amide bonds. The van der Waals surface area contributed by atoms with Gasteiger partial charge in [-0.1, -0.05) is 153 Å². The van der Waals surface area contributed by atoms with Gasteiger partial charge in [0.2, 0.25) is 0 Å². The van der Waals surface area contributed by atoms with E-state index in [1.54, 1.807) is 0 Å². The van der Waals surface area contributed by atoms with Crippen molar-refractivity contribution in [3.05, 3.63) is 193 Å². The number of benzene rings is 8. The SMILES string of the molecule is C[C@@]1(c2cccc3c2sc2ccccc23)C=CC(N(c2ccc(-c3ccccc3)cc2)c2ccc3c4ccccc4c4ccccc4c3c2)=CC1. The van der Waals surface area contributed by atoms with Crippen molar-refractivity contribution in [3.8, 4) is 11.1 Å². The maximum Gasteiger partial charge on any atom is 0.0468 e. The fourth-order valence-electron chi connectivity index (χ4n) is 8.20. The minimum absolute atomic E-state index is 0.120. The predicted octanol–water partition coefficient (Wildman–Crippen LogP) is 14.1. The summed E-state index contributed by atoms with van der Waals surface area (Å²) in [6.45, 7) is 2.39. The first-order valence-electron chi connectivity index (χ1n) is 17.7. The molecule has 1 atom stereocenters. The average molecular weight is 670 g/mol. The average Bonchev–Trinajstić information content (AvgIpc) is 3.58. The van der Waals surface area contributed by atoms with Crippen LogP contribution in [0.1, 0.15) is 18.9 Å². The number of allylic oxidation sites excluding steroid dienone is 3. The van der Waals surface area contributed by atoms with Crippen LogP contribution in [-0.2, 0) is 5.41 Å². The van der Waals surface area contributed by atoms with E-state index in [-0.39, 0.29) is 5.41 Å². The molecule has 0 radical (unpaired) electrons. The summed E-state index contributed by atoms with van der Waals surface area (Å²) in [5.41, 5.74) is 7.20. The molecule has 0 fully saturated rings. The monoisotopic (exact) mass is 669 g/mol. The second-order valence-electron chi connectivity index (χ2n) is 13.9. The number of thiophene rings is 1. The molecule has 10 rings (SSSR count). The lowest BCUT2D eigenvalue weighted by molar-refractivity contribution is 0.601. The van der Waals surface area contributed by atoms with E-state index in [9.17, 15) is 0 Å². The number of hydrogen-bond donors (Lipinski definition) is 0. The predicted molar refractivity (Wildman–Crippen MR) is 221 cm³/mol. The van der Waals surface area contributed by atoms with E-state index >= 15 is 0 Å². The molecule has 1 heterocycles. The Bertz CT molecular complexity index is 2800. The second kappa shape index (κ2) is 11.8. The number of rotatable bonds is 5. The van der Waals surface area contributed by atoms with Crippen LogP contribution in [0.2, 0.25) is 0 Å². The number of nitrogens with zero attached hydrogens (tertiary/aromatic N) is 1. The van der Waals surface area contributed by atoms with Crippen LogP contribution in [0.5, 0.6) is 0 Å². The van der Waals surface area contributed by atoms with Crippen LogP contribution < -0.4 is 4.90 Å². The van der Waals surface area contributed by atoms with Crippen molar-refractivity contribution < 1.29 is 0 Å². The first-order chi connectivity index (χ1) is 25.1. The van der Waals surface area contributed by atoms with Gasteiger partial charge in [-0.2, -0.15) is 0 Å². The Kier molecular flexibility index (Phi) is 6.94. The minimum atomic E-state index is -0.120. The molecule has 0 saturated carbocycles. The van der Waals surface area contributed by atoms with Crippen molar-refractivity contribution in [1.82, 2.24) is 0 Å². The van der Waals surface area contributed by atoms with Crippen LogP contribution in [0.25, 0.3) is 63.6 Å². The minimum Gasteiger partial charge on any atom is -0.311 e. The lowest BCUT2D eigenvalue weighted by atomic mass is 9.76. The molecule has 0 N–H and O–H groups in total. The van der Waals surface area contributed by atoms with E-state index in [2.05, 4.69) is 194 Å². The van der Waals surface area contributed by atoms with Gasteiger partial charge in [-0.3, -0.25) is 0 Å². The van der Waals surface area contributed by atoms with E-state index < -0.39 is 0 Å². The van der Waals surface area contributed by atoms with Crippen molar-refractivity contribution in [2.24, 2.45) is 0 Å². The van der Waals surface area contributed by atoms with Crippen LogP contribution in [0.15, 0.2) is 188 Å². The van der Waals surface area contributed by atoms with E-state index in [4.69, 9.17) is 0 Å². The van der Waals surface area contributed by atoms with Crippen molar-refractivity contribution >= 4 is 75.2 Å². The highest BCUT2D eigenvalue weighted by atomic mass is 32.1. The third kappa shape index (κ3) is 4.90. The van der Waals surface area contributed by atoms with E-state index in [0.717, 1.165) is 17.8 Å².